The number of hydrogen-bond donors (Lipinski definition) is 1. The van der Waals surface area contributed by atoms with Gasteiger partial charge in [-0.1, -0.05) is 6.07 Å². The van der Waals surface area contributed by atoms with Gasteiger partial charge in [0, 0.05) is 6.20 Å². The predicted octanol–water partition coefficient (Wildman–Crippen LogP) is 0.343. The summed E-state index contributed by atoms with van der Waals surface area (Å²) >= 11 is 0. The normalized spacial score (nSPS) is 11.7. The first kappa shape index (κ1) is 13.9. The molecule has 9 heteroatoms. The molecule has 0 saturated heterocycles. The van der Waals surface area contributed by atoms with E-state index in [1.54, 1.807) is 12.1 Å². The molecule has 1 amide bonds. The predicted molar refractivity (Wildman–Crippen MR) is 66.0 cm³/mol. The van der Waals surface area contributed by atoms with Crippen molar-refractivity contribution in [3.63, 3.8) is 0 Å². The maximum Gasteiger partial charge on any atom is 0.289 e. The summed E-state index contributed by atoms with van der Waals surface area (Å²) < 4.78 is 36.6. The molecule has 0 aliphatic carbocycles. The van der Waals surface area contributed by atoms with Gasteiger partial charge in [-0.3, -0.25) is 9.78 Å². The largest absolute Gasteiger partial charge is 0.742 e. The molecule has 1 N–H and O–H groups in total. The molecule has 2 aromatic rings. The van der Waals surface area contributed by atoms with E-state index < -0.39 is 21.1 Å². The molecule has 104 valence electrons. The van der Waals surface area contributed by atoms with Gasteiger partial charge in [0.2, 0.25) is 5.09 Å². The van der Waals surface area contributed by atoms with Crippen molar-refractivity contribution in [2.24, 2.45) is 5.10 Å². The molecule has 2 aromatic heterocycles. The molecule has 0 aromatic carbocycles. The maximum atomic E-state index is 11.5. The van der Waals surface area contributed by atoms with E-state index in [9.17, 15) is 17.8 Å². The lowest BCUT2D eigenvalue weighted by atomic mass is 10.3. The molecule has 0 aliphatic rings. The van der Waals surface area contributed by atoms with Crippen LogP contribution in [0.3, 0.4) is 0 Å². The van der Waals surface area contributed by atoms with Gasteiger partial charge in [-0.15, -0.1) is 0 Å². The van der Waals surface area contributed by atoms with Crippen molar-refractivity contribution >= 4 is 22.2 Å². The highest BCUT2D eigenvalue weighted by atomic mass is 32.2. The zero-order valence-corrected chi connectivity index (χ0v) is 10.7. The lowest BCUT2D eigenvalue weighted by molar-refractivity contribution is 0.0950. The standard InChI is InChI=1S/C11H9N3O5S/c15-11(9-3-1-2-6-12-9)14-13-7-8-4-5-10(19-8)20(16,17)18/h1-7H,(H,14,15)(H,16,17,18)/p-1/b13-7+. The van der Waals surface area contributed by atoms with E-state index in [4.69, 9.17) is 4.42 Å². The third-order valence-corrected chi connectivity index (χ3v) is 2.82. The molecule has 0 fully saturated rings. The first-order valence-corrected chi connectivity index (χ1v) is 6.68. The van der Waals surface area contributed by atoms with Crippen LogP contribution in [0.15, 0.2) is 51.1 Å². The second-order valence-electron chi connectivity index (χ2n) is 3.53. The van der Waals surface area contributed by atoms with E-state index in [0.29, 0.717) is 0 Å². The number of rotatable bonds is 4. The van der Waals surface area contributed by atoms with Gasteiger partial charge < -0.3 is 8.97 Å². The lowest BCUT2D eigenvalue weighted by Crippen LogP contribution is -2.18. The Bertz CT molecular complexity index is 736. The number of hydrazone groups is 1. The van der Waals surface area contributed by atoms with Crippen molar-refractivity contribution in [1.82, 2.24) is 10.4 Å². The highest BCUT2D eigenvalue weighted by Gasteiger charge is 2.07. The van der Waals surface area contributed by atoms with Crippen LogP contribution < -0.4 is 5.43 Å². The van der Waals surface area contributed by atoms with Crippen molar-refractivity contribution in [1.29, 1.82) is 0 Å². The monoisotopic (exact) mass is 294 g/mol. The van der Waals surface area contributed by atoms with Crippen LogP contribution in [0.4, 0.5) is 0 Å². The van der Waals surface area contributed by atoms with Gasteiger partial charge in [0.15, 0.2) is 10.1 Å². The third kappa shape index (κ3) is 3.49. The minimum atomic E-state index is -4.64. The number of carbonyl (C=O) groups is 1. The Morgan fingerprint density at radius 3 is 2.75 bits per heavy atom. The highest BCUT2D eigenvalue weighted by Crippen LogP contribution is 2.11. The van der Waals surface area contributed by atoms with Crippen molar-refractivity contribution in [3.8, 4) is 0 Å². The number of carbonyl (C=O) groups excluding carboxylic acids is 1. The van der Waals surface area contributed by atoms with Gasteiger partial charge in [0.05, 0.1) is 6.21 Å². The van der Waals surface area contributed by atoms with E-state index in [1.165, 1.54) is 18.3 Å². The van der Waals surface area contributed by atoms with Crippen molar-refractivity contribution in [3.05, 3.63) is 48.0 Å². The highest BCUT2D eigenvalue weighted by molar-refractivity contribution is 7.85. The van der Waals surface area contributed by atoms with Crippen molar-refractivity contribution in [2.75, 3.05) is 0 Å². The van der Waals surface area contributed by atoms with Crippen LogP contribution in [0.5, 0.6) is 0 Å². The minimum Gasteiger partial charge on any atom is -0.742 e. The molecule has 0 saturated carbocycles. The first-order valence-electron chi connectivity index (χ1n) is 5.27. The van der Waals surface area contributed by atoms with Crippen LogP contribution in [0.25, 0.3) is 0 Å². The van der Waals surface area contributed by atoms with Gasteiger partial charge in [-0.05, 0) is 24.3 Å². The average molecular weight is 294 g/mol. The number of nitrogens with zero attached hydrogens (tertiary/aromatic N) is 2. The van der Waals surface area contributed by atoms with Crippen LogP contribution >= 0.6 is 0 Å². The lowest BCUT2D eigenvalue weighted by Gasteiger charge is -2.00. The fraction of sp³-hybridized carbons (Fsp3) is 0. The number of pyridine rings is 1. The SMILES string of the molecule is O=C(N/N=C/c1ccc(S(=O)(=O)[O-])o1)c1ccccn1. The molecule has 2 rings (SSSR count). The van der Waals surface area contributed by atoms with E-state index in [-0.39, 0.29) is 11.5 Å². The fourth-order valence-corrected chi connectivity index (χ4v) is 1.68. The van der Waals surface area contributed by atoms with E-state index >= 15 is 0 Å². The van der Waals surface area contributed by atoms with Crippen molar-refractivity contribution in [2.45, 2.75) is 5.09 Å². The Hall–Kier alpha value is -2.52. The van der Waals surface area contributed by atoms with Crippen molar-refractivity contribution < 1.29 is 22.2 Å². The van der Waals surface area contributed by atoms with Gasteiger partial charge in [-0.25, -0.2) is 13.8 Å². The van der Waals surface area contributed by atoms with E-state index in [1.807, 2.05) is 0 Å². The smallest absolute Gasteiger partial charge is 0.289 e. The summed E-state index contributed by atoms with van der Waals surface area (Å²) in [5.74, 6) is -0.522. The second-order valence-corrected chi connectivity index (χ2v) is 4.84. The Balaban J connectivity index is 2.01. The number of aromatic nitrogens is 1. The van der Waals surface area contributed by atoms with Crippen LogP contribution in [-0.4, -0.2) is 30.1 Å². The number of furan rings is 1. The molecule has 20 heavy (non-hydrogen) atoms. The minimum absolute atomic E-state index is 0.0146. The topological polar surface area (TPSA) is 125 Å². The average Bonchev–Trinajstić information content (AvgIpc) is 2.88. The first-order chi connectivity index (χ1) is 9.47. The van der Waals surface area contributed by atoms with Gasteiger partial charge >= 0.3 is 0 Å². The molecule has 0 bridgehead atoms. The summed E-state index contributed by atoms with van der Waals surface area (Å²) in [7, 11) is -4.64. The second kappa shape index (κ2) is 5.63. The summed E-state index contributed by atoms with van der Waals surface area (Å²) in [5, 5.41) is 2.85. The quantitative estimate of drug-likeness (QED) is 0.492. The van der Waals surface area contributed by atoms with Crippen LogP contribution in [0.2, 0.25) is 0 Å². The molecule has 0 aliphatic heterocycles. The maximum absolute atomic E-state index is 11.5. The van der Waals surface area contributed by atoms with E-state index in [2.05, 4.69) is 15.5 Å². The summed E-state index contributed by atoms with van der Waals surface area (Å²) in [4.78, 5) is 15.3. The molecule has 2 heterocycles. The molecule has 0 spiro atoms. The summed E-state index contributed by atoms with van der Waals surface area (Å²) in [6, 6.07) is 7.04. The zero-order chi connectivity index (χ0) is 14.6. The van der Waals surface area contributed by atoms with Crippen LogP contribution in [0.1, 0.15) is 16.2 Å². The Morgan fingerprint density at radius 1 is 1.35 bits per heavy atom. The number of nitrogens with one attached hydrogen (secondary N) is 1. The fourth-order valence-electron chi connectivity index (χ4n) is 1.25. The third-order valence-electron chi connectivity index (χ3n) is 2.10. The molecule has 0 radical (unpaired) electrons. The zero-order valence-electron chi connectivity index (χ0n) is 9.89. The van der Waals surface area contributed by atoms with Gasteiger partial charge in [0.1, 0.15) is 11.5 Å². The van der Waals surface area contributed by atoms with Gasteiger partial charge in [-0.2, -0.15) is 5.10 Å². The van der Waals surface area contributed by atoms with E-state index in [0.717, 1.165) is 12.3 Å². The molecular formula is C11H8N3O5S-. The Morgan fingerprint density at radius 2 is 2.15 bits per heavy atom. The summed E-state index contributed by atoms with van der Waals surface area (Å²) in [6.07, 6.45) is 2.52. The molecular weight excluding hydrogens is 286 g/mol. The molecule has 8 nitrogen and oxygen atoms in total. The van der Waals surface area contributed by atoms with Gasteiger partial charge in [0.25, 0.3) is 5.91 Å². The molecule has 0 atom stereocenters. The summed E-state index contributed by atoms with van der Waals surface area (Å²) in [6.45, 7) is 0. The number of amides is 1. The summed E-state index contributed by atoms with van der Waals surface area (Å²) in [5.41, 5.74) is 2.35. The Kier molecular flexibility index (Phi) is 3.91. The number of hydrogen-bond acceptors (Lipinski definition) is 7. The molecule has 0 unspecified atom stereocenters. The van der Waals surface area contributed by atoms with Crippen LogP contribution in [-0.2, 0) is 10.1 Å². The Labute approximate surface area is 113 Å². The van der Waals surface area contributed by atoms with Crippen LogP contribution in [0, 0.1) is 0 Å².